The molecule has 4 aromatic carbocycles. The fourth-order valence-corrected chi connectivity index (χ4v) is 17.6. The van der Waals surface area contributed by atoms with Gasteiger partial charge in [-0.25, -0.2) is 76.2 Å². The number of aliphatic hydroxyl groups excluding tert-OH is 10. The maximum absolute atomic E-state index is 14.9. The van der Waals surface area contributed by atoms with E-state index in [9.17, 15) is 73.7 Å². The highest BCUT2D eigenvalue weighted by Crippen LogP contribution is 2.50. The largest absolute Gasteiger partial charge is 0.394 e. The van der Waals surface area contributed by atoms with Gasteiger partial charge in [-0.3, -0.25) is 0 Å². The number of fused-ring (bicyclic) bond motifs is 4. The van der Waals surface area contributed by atoms with Crippen LogP contribution in [0.5, 0.6) is 0 Å². The molecule has 0 amide bonds. The van der Waals surface area contributed by atoms with E-state index in [0.29, 0.717) is 47.0 Å². The smallest absolute Gasteiger partial charge is 0.191 e. The molecule has 0 radical (unpaired) electrons. The number of nitrogens with one attached hydrogen (secondary N) is 4. The number of aromatic nitrogens is 20. The summed E-state index contributed by atoms with van der Waals surface area (Å²) in [4.78, 5) is 34.2. The van der Waals surface area contributed by atoms with Crippen molar-refractivity contribution in [2.24, 2.45) is 0 Å². The molecule has 0 unspecified atom stereocenters. The molecule has 12 aromatic rings. The van der Waals surface area contributed by atoms with E-state index in [-0.39, 0.29) is 152 Å². The fraction of sp³-hybridized carbons (Fsp3) is 0.583. The van der Waals surface area contributed by atoms with Gasteiger partial charge in [-0.15, -0.1) is 20.4 Å². The van der Waals surface area contributed by atoms with Crippen LogP contribution in [0, 0.1) is 51.0 Å². The highest BCUT2D eigenvalue weighted by Gasteiger charge is 2.51. The minimum Gasteiger partial charge on any atom is -0.394 e. The van der Waals surface area contributed by atoms with Crippen molar-refractivity contribution in [3.8, 4) is 0 Å². The summed E-state index contributed by atoms with van der Waals surface area (Å²) < 4.78 is 449. The van der Waals surface area contributed by atoms with Crippen molar-refractivity contribution in [2.45, 2.75) is 298 Å². The van der Waals surface area contributed by atoms with E-state index in [0.717, 1.165) is 39.5 Å². The third kappa shape index (κ3) is 23.8. The van der Waals surface area contributed by atoms with E-state index in [1.807, 2.05) is 0 Å². The summed E-state index contributed by atoms with van der Waals surface area (Å²) in [5, 5.41) is 164. The second-order valence-electron chi connectivity index (χ2n) is 32.5. The SMILES string of the molecule is [2H]c1c([2H])c([C@]2([2H])C([2H])([2H])[C@@]2([2H])Nc2nc(SC([2H])([2H])CC)nc3c2nnn3[C@@H]2C[C@H](OC([2H])([2H])C([2H])([2H])O)[C@@H](O)[C@H]2O)c([2H])c(F)c1C.[2H]c1c([2H])c([C@]2([2H])C([2H])([2H])[C@@]2([2H])Nc2nc(SC([2H])([2H])CC)nc3c2nnn3[C@@H]2C[C@H](OC([2H])([2H])CO)[C@@H](O)[C@H]2O)c([2H])c(F)c1C.[2H]c1c([2H])c([C@]2([2H])C([2H])([2H])[C@@]2([2H])Nc2nc(SC([2H])([2H])CC)nc3c2nnn3[C@@H]2C[C@H](OCC([2H])([2H])O)[C@@H](O)[C@H]2O)c([2H])c(F)c1C.[2H]c1c([2H])c([C@]2([2H])C([2H])([2H])[C@@]2([2H])Nc2nc(SC([2H])([2H])CC)nc3c2nnn3[C@@H]2C[C@H](OCCO)[C@@H](O)[C@H]2O)c([2H])c(F)c1C. The number of ether oxygens (including phenoxy) is 4. The van der Waals surface area contributed by atoms with Crippen molar-refractivity contribution in [1.82, 2.24) is 99.8 Å². The van der Waals surface area contributed by atoms with Gasteiger partial charge in [-0.1, -0.05) is 144 Å². The maximum atomic E-state index is 14.9. The Bertz CT molecular complexity index is 8810. The Labute approximate surface area is 905 Å². The molecule has 144 heavy (non-hydrogen) atoms. The van der Waals surface area contributed by atoms with Crippen LogP contribution in [0.3, 0.4) is 0 Å². The van der Waals surface area contributed by atoms with E-state index in [4.69, 9.17) is 84.4 Å². The second kappa shape index (κ2) is 47.3. The van der Waals surface area contributed by atoms with Gasteiger partial charge >= 0.3 is 0 Å². The number of hydrogen-bond acceptors (Lipinski definition) is 40. The van der Waals surface area contributed by atoms with Crippen molar-refractivity contribution in [2.75, 3.05) is 96.8 Å². The zero-order chi connectivity index (χ0) is 141. The van der Waals surface area contributed by atoms with Crippen molar-refractivity contribution >= 4 is 115 Å². The molecule has 40 nitrogen and oxygen atoms in total. The van der Waals surface area contributed by atoms with Gasteiger partial charge in [0.25, 0.3) is 0 Å². The molecule has 0 bridgehead atoms. The first kappa shape index (κ1) is 63.3. The van der Waals surface area contributed by atoms with E-state index in [2.05, 4.69) is 102 Å². The molecule has 776 valence electrons. The quantitative estimate of drug-likeness (QED) is 0.00969. The molecular weight excluding hydrogens is 1950 g/mol. The van der Waals surface area contributed by atoms with Crippen LogP contribution < -0.4 is 21.3 Å². The van der Waals surface area contributed by atoms with Crippen LogP contribution in [-0.4, -0.2) is 334 Å². The molecule has 8 fully saturated rings. The van der Waals surface area contributed by atoms with Crippen LogP contribution in [0.2, 0.25) is 0 Å². The molecule has 8 aliphatic carbocycles. The molecule has 24 atom stereocenters. The molecular formula is C96H124F4N24O16S4. The summed E-state index contributed by atoms with van der Waals surface area (Å²) in [6, 6.07) is -25.5. The Balaban J connectivity index is 0.000000164. The zero-order valence-corrected chi connectivity index (χ0v) is 80.1. The van der Waals surface area contributed by atoms with Gasteiger partial charge in [-0.2, -0.15) is 0 Å². The van der Waals surface area contributed by atoms with Gasteiger partial charge < -0.3 is 101 Å². The molecule has 48 heteroatoms. The van der Waals surface area contributed by atoms with Crippen LogP contribution in [0.25, 0.3) is 44.7 Å². The van der Waals surface area contributed by atoms with Crippen molar-refractivity contribution < 1.29 is 158 Å². The lowest BCUT2D eigenvalue weighted by atomic mass is 10.1. The van der Waals surface area contributed by atoms with Gasteiger partial charge in [-0.05, 0) is 148 Å². The van der Waals surface area contributed by atoms with E-state index >= 15 is 0 Å². The molecule has 0 saturated heterocycles. The number of halogens is 4. The van der Waals surface area contributed by atoms with Crippen LogP contribution >= 0.6 is 47.0 Å². The summed E-state index contributed by atoms with van der Waals surface area (Å²) >= 11 is 2.21. The van der Waals surface area contributed by atoms with Gasteiger partial charge in [0, 0.05) is 124 Å². The maximum Gasteiger partial charge on any atom is 0.191 e. The van der Waals surface area contributed by atoms with Gasteiger partial charge in [0.2, 0.25) is 0 Å². The third-order valence-corrected chi connectivity index (χ3v) is 26.1. The third-order valence-electron chi connectivity index (χ3n) is 22.9. The topological polar surface area (TPSA) is 554 Å². The fourth-order valence-electron chi connectivity index (χ4n) is 15.5. The highest BCUT2D eigenvalue weighted by atomic mass is 32.2. The van der Waals surface area contributed by atoms with Crippen molar-refractivity contribution in [3.63, 3.8) is 0 Å². The molecule has 8 saturated carbocycles. The van der Waals surface area contributed by atoms with Gasteiger partial charge in [0.15, 0.2) is 88.6 Å². The Morgan fingerprint density at radius 3 is 0.861 bits per heavy atom. The first-order valence-corrected chi connectivity index (χ1v) is 47.7. The standard InChI is InChI=1S/4C24H31FN6O4S/c4*1-3-8-36-24-27-22(26-16-10-14(16)13-5-4-12(2)15(25)9-13)19-23(28-24)31(30-29-19)17-11-18(35-7-6-32)21(34)20(17)33/h4*4-5,9,14,16-18,20-21,32-34H,3,6-8,10-11H2,1-2H3,(H,26,27,28)/t4*14-,16+,17+,18-,20-,21+/m0000/s1/i4D,5D,6D2,7D2,8D2,9D,10D2,14D,16D;4D,5D,7D2,8D2,9D,10D2,14D,16D;4D,5D,6D2,8D2,9D,10D2,14D,16D;4D,5D,8D2,9D,10D2,14D,16D. The normalized spacial score (nSPS) is 38.3. The minimum absolute atomic E-state index is 0.00198. The number of anilines is 4. The lowest BCUT2D eigenvalue weighted by molar-refractivity contribution is -0.0629. The zero-order valence-electron chi connectivity index (χ0n) is 121. The van der Waals surface area contributed by atoms with E-state index < -0.39 is 375 Å². The van der Waals surface area contributed by atoms with Crippen LogP contribution in [0.4, 0.5) is 40.8 Å². The lowest BCUT2D eigenvalue weighted by Crippen LogP contribution is -2.33. The lowest BCUT2D eigenvalue weighted by Gasteiger charge is -2.17. The summed E-state index contributed by atoms with van der Waals surface area (Å²) in [7, 11) is 0. The predicted molar refractivity (Wildman–Crippen MR) is 530 cm³/mol. The van der Waals surface area contributed by atoms with Crippen LogP contribution in [0.1, 0.15) is 257 Å². The summed E-state index contributed by atoms with van der Waals surface area (Å²) in [5.41, 5.74) is -14.2. The average molecular weight is 2120 g/mol. The second-order valence-corrected chi connectivity index (χ2v) is 35.9. The molecule has 8 heterocycles. The molecule has 8 aromatic heterocycles. The average Bonchev–Trinajstić information content (AvgIpc) is 1.48. The van der Waals surface area contributed by atoms with Crippen molar-refractivity contribution in [3.05, 3.63) is 140 Å². The Morgan fingerprint density at radius 2 is 0.618 bits per heavy atom. The monoisotopic (exact) mass is 2120 g/mol. The number of rotatable bonds is 40. The predicted octanol–water partition coefficient (Wildman–Crippen LogP) is 8.73. The first-order chi connectivity index (χ1) is 86.3. The number of nitrogens with zero attached hydrogens (tertiary/aromatic N) is 20. The molecule has 20 rings (SSSR count). The first-order valence-electron chi connectivity index (χ1n) is 66.4. The Kier molecular flexibility index (Phi) is 20.8. The van der Waals surface area contributed by atoms with Gasteiger partial charge in [0.05, 0.1) is 134 Å². The van der Waals surface area contributed by atoms with E-state index in [1.165, 1.54) is 13.8 Å². The summed E-state index contributed by atoms with van der Waals surface area (Å²) in [6.07, 6.45) is -30.2. The van der Waals surface area contributed by atoms with Crippen molar-refractivity contribution in [1.29, 1.82) is 0 Å². The molecule has 0 spiro atoms. The molecule has 0 aliphatic heterocycles. The number of hydrogen-bond donors (Lipinski definition) is 16. The van der Waals surface area contributed by atoms with Crippen LogP contribution in [-0.2, 0) is 18.9 Å². The Morgan fingerprint density at radius 1 is 0.361 bits per heavy atom. The molecule has 8 aliphatic rings. The molecule has 16 N–H and O–H groups in total. The van der Waals surface area contributed by atoms with Gasteiger partial charge in [0.1, 0.15) is 72.1 Å². The summed E-state index contributed by atoms with van der Waals surface area (Å²) in [6.45, 7) is -3.46. The highest BCUT2D eigenvalue weighted by molar-refractivity contribution is 7.99. The Hall–Kier alpha value is -9.52. The number of benzene rings is 4. The van der Waals surface area contributed by atoms with E-state index in [1.54, 1.807) is 20.8 Å². The number of aliphatic hydroxyl groups is 12. The van der Waals surface area contributed by atoms with Crippen LogP contribution in [0.15, 0.2) is 93.1 Å². The number of thioether (sulfide) groups is 4. The minimum atomic E-state index is -3.49. The summed E-state index contributed by atoms with van der Waals surface area (Å²) in [5.74, 6) is -17.9.